The second-order valence-electron chi connectivity index (χ2n) is 5.56. The number of fused-ring (bicyclic) bond motifs is 1. The van der Waals surface area contributed by atoms with E-state index in [0.29, 0.717) is 11.1 Å². The Labute approximate surface area is 138 Å². The van der Waals surface area contributed by atoms with Gasteiger partial charge in [-0.05, 0) is 18.1 Å². The quantitative estimate of drug-likeness (QED) is 0.837. The summed E-state index contributed by atoms with van der Waals surface area (Å²) < 4.78 is 15.2. The molecule has 1 atom stereocenters. The molecule has 128 valence electrons. The van der Waals surface area contributed by atoms with Crippen molar-refractivity contribution in [1.29, 1.82) is 0 Å². The topological polar surface area (TPSA) is 94.8 Å². The molecule has 2 aromatic rings. The minimum atomic E-state index is -0.839. The maximum Gasteiger partial charge on any atom is 0.328 e. The van der Waals surface area contributed by atoms with Crippen LogP contribution < -0.4 is 15.5 Å². The summed E-state index contributed by atoms with van der Waals surface area (Å²) in [6.07, 6.45) is 0. The molecule has 1 heterocycles. The molecular formula is C17H19NO6. The van der Waals surface area contributed by atoms with Crippen LogP contribution in [0.2, 0.25) is 0 Å². The average Bonchev–Trinajstić information content (AvgIpc) is 2.57. The molecule has 0 aliphatic heterocycles. The summed E-state index contributed by atoms with van der Waals surface area (Å²) in [4.78, 5) is 36.2. The molecule has 0 aliphatic rings. The molecule has 24 heavy (non-hydrogen) atoms. The van der Waals surface area contributed by atoms with Crippen molar-refractivity contribution in [2.24, 2.45) is 5.92 Å². The van der Waals surface area contributed by atoms with Gasteiger partial charge in [-0.25, -0.2) is 4.79 Å². The van der Waals surface area contributed by atoms with E-state index in [4.69, 9.17) is 9.15 Å². The molecule has 7 heteroatoms. The molecule has 0 fully saturated rings. The van der Waals surface area contributed by atoms with Crippen LogP contribution in [-0.2, 0) is 9.53 Å². The van der Waals surface area contributed by atoms with Gasteiger partial charge < -0.3 is 19.2 Å². The summed E-state index contributed by atoms with van der Waals surface area (Å²) >= 11 is 0. The van der Waals surface area contributed by atoms with Crippen LogP contribution in [0, 0.1) is 5.92 Å². The van der Waals surface area contributed by atoms with Crippen molar-refractivity contribution in [3.8, 4) is 5.75 Å². The van der Waals surface area contributed by atoms with E-state index in [-0.39, 0.29) is 22.7 Å². The second kappa shape index (κ2) is 7.16. The van der Waals surface area contributed by atoms with E-state index in [1.165, 1.54) is 20.3 Å². The van der Waals surface area contributed by atoms with Crippen LogP contribution in [0.1, 0.15) is 24.4 Å². The van der Waals surface area contributed by atoms with Crippen molar-refractivity contribution in [2.75, 3.05) is 14.2 Å². The first kappa shape index (κ1) is 17.5. The molecule has 1 aromatic carbocycles. The van der Waals surface area contributed by atoms with Crippen molar-refractivity contribution in [2.45, 2.75) is 19.9 Å². The summed E-state index contributed by atoms with van der Waals surface area (Å²) in [7, 11) is 2.73. The zero-order chi connectivity index (χ0) is 17.9. The van der Waals surface area contributed by atoms with E-state index in [0.717, 1.165) is 6.07 Å². The number of amides is 1. The molecule has 0 saturated carbocycles. The van der Waals surface area contributed by atoms with Gasteiger partial charge in [0.1, 0.15) is 17.4 Å². The number of rotatable bonds is 5. The maximum atomic E-state index is 12.3. The Morgan fingerprint density at radius 1 is 1.17 bits per heavy atom. The summed E-state index contributed by atoms with van der Waals surface area (Å²) in [5, 5.41) is 2.86. The number of carbonyl (C=O) groups excluding carboxylic acids is 2. The van der Waals surface area contributed by atoms with E-state index >= 15 is 0 Å². The molecule has 1 N–H and O–H groups in total. The minimum Gasteiger partial charge on any atom is -0.497 e. The van der Waals surface area contributed by atoms with Gasteiger partial charge in [-0.2, -0.15) is 0 Å². The Bertz CT molecular complexity index is 823. The van der Waals surface area contributed by atoms with Gasteiger partial charge in [0, 0.05) is 12.1 Å². The highest BCUT2D eigenvalue weighted by molar-refractivity contribution is 5.95. The zero-order valence-electron chi connectivity index (χ0n) is 13.9. The van der Waals surface area contributed by atoms with Gasteiger partial charge in [-0.1, -0.05) is 13.8 Å². The summed E-state index contributed by atoms with van der Waals surface area (Å²) in [5.74, 6) is -1.11. The lowest BCUT2D eigenvalue weighted by atomic mass is 10.0. The highest BCUT2D eigenvalue weighted by Gasteiger charge is 2.26. The second-order valence-corrected chi connectivity index (χ2v) is 5.56. The van der Waals surface area contributed by atoms with Crippen LogP contribution in [0.25, 0.3) is 11.0 Å². The number of esters is 1. The molecule has 0 saturated heterocycles. The molecule has 1 amide bonds. The predicted molar refractivity (Wildman–Crippen MR) is 87.1 cm³/mol. The lowest BCUT2D eigenvalue weighted by Crippen LogP contribution is -2.45. The fourth-order valence-corrected chi connectivity index (χ4v) is 2.21. The largest absolute Gasteiger partial charge is 0.497 e. The minimum absolute atomic E-state index is 0.185. The van der Waals surface area contributed by atoms with Crippen molar-refractivity contribution in [3.05, 3.63) is 40.2 Å². The number of methoxy groups -OCH3 is 2. The molecule has 1 unspecified atom stereocenters. The lowest BCUT2D eigenvalue weighted by Gasteiger charge is -2.19. The lowest BCUT2D eigenvalue weighted by molar-refractivity contribution is -0.144. The summed E-state index contributed by atoms with van der Waals surface area (Å²) in [6.45, 7) is 3.53. The van der Waals surface area contributed by atoms with Gasteiger partial charge in [0.05, 0.1) is 19.6 Å². The Morgan fingerprint density at radius 2 is 1.88 bits per heavy atom. The Balaban J connectivity index is 2.38. The van der Waals surface area contributed by atoms with E-state index in [1.54, 1.807) is 26.0 Å². The smallest absolute Gasteiger partial charge is 0.328 e. The first-order chi connectivity index (χ1) is 11.4. The van der Waals surface area contributed by atoms with Gasteiger partial charge >= 0.3 is 5.97 Å². The average molecular weight is 333 g/mol. The van der Waals surface area contributed by atoms with E-state index < -0.39 is 17.9 Å². The van der Waals surface area contributed by atoms with E-state index in [2.05, 4.69) is 10.1 Å². The summed E-state index contributed by atoms with van der Waals surface area (Å²) in [6, 6.07) is 4.97. The molecular weight excluding hydrogens is 314 g/mol. The van der Waals surface area contributed by atoms with Crippen LogP contribution in [-0.4, -0.2) is 32.1 Å². The highest BCUT2D eigenvalue weighted by atomic mass is 16.5. The number of ether oxygens (including phenoxy) is 2. The molecule has 2 rings (SSSR count). The molecule has 0 aliphatic carbocycles. The third kappa shape index (κ3) is 3.56. The van der Waals surface area contributed by atoms with E-state index in [9.17, 15) is 14.4 Å². The number of nitrogens with one attached hydrogen (secondary N) is 1. The van der Waals surface area contributed by atoms with Gasteiger partial charge in [0.15, 0.2) is 11.2 Å². The van der Waals surface area contributed by atoms with Crippen LogP contribution >= 0.6 is 0 Å². The van der Waals surface area contributed by atoms with Crippen molar-refractivity contribution >= 4 is 22.8 Å². The SMILES string of the molecule is COC(=O)C(NC(=O)c1cc(=O)c2ccc(OC)cc2o1)C(C)C. The zero-order valence-corrected chi connectivity index (χ0v) is 13.9. The van der Waals surface area contributed by atoms with Crippen LogP contribution in [0.4, 0.5) is 0 Å². The molecule has 1 aromatic heterocycles. The third-order valence-corrected chi connectivity index (χ3v) is 3.57. The third-order valence-electron chi connectivity index (χ3n) is 3.57. The van der Waals surface area contributed by atoms with Gasteiger partial charge in [0.2, 0.25) is 0 Å². The first-order valence-electron chi connectivity index (χ1n) is 7.38. The fraction of sp³-hybridized carbons (Fsp3) is 0.353. The molecule has 0 spiro atoms. The van der Waals surface area contributed by atoms with Crippen LogP contribution in [0.5, 0.6) is 5.75 Å². The van der Waals surface area contributed by atoms with Crippen molar-refractivity contribution in [1.82, 2.24) is 5.32 Å². The van der Waals surface area contributed by atoms with Crippen molar-refractivity contribution in [3.63, 3.8) is 0 Å². The Hall–Kier alpha value is -2.83. The maximum absolute atomic E-state index is 12.3. The number of hydrogen-bond donors (Lipinski definition) is 1. The number of benzene rings is 1. The fourth-order valence-electron chi connectivity index (χ4n) is 2.21. The van der Waals surface area contributed by atoms with Crippen molar-refractivity contribution < 1.29 is 23.5 Å². The molecule has 0 bridgehead atoms. The predicted octanol–water partition coefficient (Wildman–Crippen LogP) is 1.73. The van der Waals surface area contributed by atoms with Crippen LogP contribution in [0.3, 0.4) is 0 Å². The number of carbonyl (C=O) groups is 2. The first-order valence-corrected chi connectivity index (χ1v) is 7.38. The van der Waals surface area contributed by atoms with Gasteiger partial charge in [-0.3, -0.25) is 9.59 Å². The Kier molecular flexibility index (Phi) is 5.23. The monoisotopic (exact) mass is 333 g/mol. The highest BCUT2D eigenvalue weighted by Crippen LogP contribution is 2.19. The van der Waals surface area contributed by atoms with E-state index in [1.807, 2.05) is 0 Å². The van der Waals surface area contributed by atoms with Gasteiger partial charge in [-0.15, -0.1) is 0 Å². The normalized spacial score (nSPS) is 12.0. The molecule has 7 nitrogen and oxygen atoms in total. The standard InChI is InChI=1S/C17H19NO6/c1-9(2)15(17(21)23-4)18-16(20)14-8-12(19)11-6-5-10(22-3)7-13(11)24-14/h5-9,15H,1-4H3,(H,18,20). The Morgan fingerprint density at radius 3 is 2.46 bits per heavy atom. The summed E-state index contributed by atoms with van der Waals surface area (Å²) in [5.41, 5.74) is -0.130. The van der Waals surface area contributed by atoms with Gasteiger partial charge in [0.25, 0.3) is 5.91 Å². The number of hydrogen-bond acceptors (Lipinski definition) is 6. The molecule has 0 radical (unpaired) electrons. The van der Waals surface area contributed by atoms with Crippen LogP contribution in [0.15, 0.2) is 33.5 Å².